The Morgan fingerprint density at radius 3 is 2.09 bits per heavy atom. The zero-order valence-electron chi connectivity index (χ0n) is 11.8. The van der Waals surface area contributed by atoms with Crippen LogP contribution >= 0.6 is 0 Å². The number of rotatable bonds is 4. The van der Waals surface area contributed by atoms with Crippen molar-refractivity contribution in [3.63, 3.8) is 0 Å². The number of carbonyl (C=O) groups is 1. The lowest BCUT2D eigenvalue weighted by molar-refractivity contribution is -0.132. The van der Waals surface area contributed by atoms with Crippen LogP contribution in [0.25, 0.3) is 0 Å². The summed E-state index contributed by atoms with van der Waals surface area (Å²) in [6, 6.07) is 16.3. The van der Waals surface area contributed by atoms with Gasteiger partial charge in [0.15, 0.2) is 0 Å². The van der Waals surface area contributed by atoms with E-state index in [0.29, 0.717) is 5.56 Å². The minimum Gasteiger partial charge on any atom is -0.405 e. The van der Waals surface area contributed by atoms with Crippen LogP contribution < -0.4 is 4.83 Å². The first kappa shape index (κ1) is 15.7. The van der Waals surface area contributed by atoms with Gasteiger partial charge < -0.3 is 4.74 Å². The second kappa shape index (κ2) is 6.86. The van der Waals surface area contributed by atoms with E-state index in [9.17, 15) is 13.2 Å². The van der Waals surface area contributed by atoms with Crippen molar-refractivity contribution in [3.8, 4) is 0 Å². The highest BCUT2D eigenvalue weighted by molar-refractivity contribution is 7.89. The lowest BCUT2D eigenvalue weighted by Gasteiger charge is -2.07. The van der Waals surface area contributed by atoms with Crippen molar-refractivity contribution in [1.82, 2.24) is 4.83 Å². The molecule has 0 unspecified atom stereocenters. The lowest BCUT2D eigenvalue weighted by atomic mass is 10.2. The molecule has 114 valence electrons. The molecule has 0 saturated carbocycles. The number of esters is 1. The van der Waals surface area contributed by atoms with Crippen LogP contribution in [0, 0.1) is 0 Å². The molecule has 7 heteroatoms. The molecule has 6 nitrogen and oxygen atoms in total. The molecule has 2 aromatic rings. The van der Waals surface area contributed by atoms with Crippen LogP contribution in [0.3, 0.4) is 0 Å². The standard InChI is InChI=1S/C15H14N2O4S/c1-12(18)21-15(13-8-4-2-5-9-13)16-17-22(19,20)14-10-6-3-7-11-14/h2-11,17H,1H3/b16-15-. The van der Waals surface area contributed by atoms with Crippen LogP contribution in [0.1, 0.15) is 12.5 Å². The summed E-state index contributed by atoms with van der Waals surface area (Å²) in [5.41, 5.74) is 0.480. The van der Waals surface area contributed by atoms with Crippen molar-refractivity contribution >= 4 is 21.9 Å². The summed E-state index contributed by atoms with van der Waals surface area (Å²) in [7, 11) is -3.83. The molecular formula is C15H14N2O4S. The Labute approximate surface area is 128 Å². The Kier molecular flexibility index (Phi) is 4.90. The summed E-state index contributed by atoms with van der Waals surface area (Å²) in [5, 5.41) is 3.72. The number of carbonyl (C=O) groups excluding carboxylic acids is 1. The molecule has 0 radical (unpaired) electrons. The molecule has 0 amide bonds. The highest BCUT2D eigenvalue weighted by Gasteiger charge is 2.14. The molecule has 22 heavy (non-hydrogen) atoms. The Hall–Kier alpha value is -2.67. The van der Waals surface area contributed by atoms with Crippen LogP contribution in [-0.2, 0) is 19.6 Å². The molecule has 0 aliphatic rings. The molecule has 0 saturated heterocycles. The van der Waals surface area contributed by atoms with E-state index in [-0.39, 0.29) is 10.8 Å². The van der Waals surface area contributed by atoms with Crippen LogP contribution in [0.5, 0.6) is 0 Å². The molecular weight excluding hydrogens is 304 g/mol. The van der Waals surface area contributed by atoms with Crippen molar-refractivity contribution < 1.29 is 17.9 Å². The number of sulfonamides is 1. The van der Waals surface area contributed by atoms with Crippen LogP contribution in [0.2, 0.25) is 0 Å². The molecule has 1 N–H and O–H groups in total. The van der Waals surface area contributed by atoms with Crippen molar-refractivity contribution in [2.75, 3.05) is 0 Å². The Morgan fingerprint density at radius 2 is 1.55 bits per heavy atom. The van der Waals surface area contributed by atoms with E-state index in [4.69, 9.17) is 4.74 Å². The summed E-state index contributed by atoms with van der Waals surface area (Å²) >= 11 is 0. The van der Waals surface area contributed by atoms with Crippen LogP contribution in [0.4, 0.5) is 0 Å². The third kappa shape index (κ3) is 4.16. The van der Waals surface area contributed by atoms with Gasteiger partial charge in [-0.3, -0.25) is 4.79 Å². The van der Waals surface area contributed by atoms with E-state index < -0.39 is 16.0 Å². The van der Waals surface area contributed by atoms with Crippen molar-refractivity contribution in [1.29, 1.82) is 0 Å². The van der Waals surface area contributed by atoms with Gasteiger partial charge in [0.25, 0.3) is 10.0 Å². The molecule has 0 aromatic heterocycles. The fourth-order valence-corrected chi connectivity index (χ4v) is 2.44. The number of nitrogens with one attached hydrogen (secondary N) is 1. The fraction of sp³-hybridized carbons (Fsp3) is 0.0667. The van der Waals surface area contributed by atoms with E-state index in [1.807, 2.05) is 0 Å². The molecule has 2 aromatic carbocycles. The van der Waals surface area contributed by atoms with Gasteiger partial charge >= 0.3 is 5.97 Å². The van der Waals surface area contributed by atoms with E-state index in [1.165, 1.54) is 19.1 Å². The van der Waals surface area contributed by atoms with Gasteiger partial charge in [0, 0.05) is 12.5 Å². The maximum atomic E-state index is 12.1. The predicted molar refractivity (Wildman–Crippen MR) is 81.5 cm³/mol. The topological polar surface area (TPSA) is 84.8 Å². The van der Waals surface area contributed by atoms with Gasteiger partial charge in [0.2, 0.25) is 5.90 Å². The van der Waals surface area contributed by atoms with Gasteiger partial charge in [0.05, 0.1) is 4.90 Å². The first-order chi connectivity index (χ1) is 10.5. The largest absolute Gasteiger partial charge is 0.405 e. The number of hydrogen-bond acceptors (Lipinski definition) is 5. The molecule has 0 aliphatic heterocycles. The van der Waals surface area contributed by atoms with E-state index in [2.05, 4.69) is 9.93 Å². The van der Waals surface area contributed by atoms with Crippen LogP contribution in [-0.4, -0.2) is 20.3 Å². The van der Waals surface area contributed by atoms with E-state index in [0.717, 1.165) is 0 Å². The maximum absolute atomic E-state index is 12.1. The second-order valence-electron chi connectivity index (χ2n) is 4.28. The first-order valence-corrected chi connectivity index (χ1v) is 7.86. The smallest absolute Gasteiger partial charge is 0.309 e. The van der Waals surface area contributed by atoms with Gasteiger partial charge in [-0.05, 0) is 24.3 Å². The van der Waals surface area contributed by atoms with E-state index >= 15 is 0 Å². The summed E-state index contributed by atoms with van der Waals surface area (Å²) in [5.74, 6) is -0.714. The second-order valence-corrected chi connectivity index (χ2v) is 5.95. The SMILES string of the molecule is CC(=O)O/C(=N\NS(=O)(=O)c1ccccc1)c1ccccc1. The molecule has 0 bridgehead atoms. The number of hydrogen-bond donors (Lipinski definition) is 1. The molecule has 0 atom stereocenters. The summed E-state index contributed by atoms with van der Waals surface area (Å²) in [4.78, 5) is 13.3. The maximum Gasteiger partial charge on any atom is 0.309 e. The Morgan fingerprint density at radius 1 is 1.00 bits per heavy atom. The van der Waals surface area contributed by atoms with Gasteiger partial charge in [-0.25, -0.2) is 0 Å². The third-order valence-electron chi connectivity index (χ3n) is 2.58. The Balaban J connectivity index is 2.29. The lowest BCUT2D eigenvalue weighted by Crippen LogP contribution is -2.22. The van der Waals surface area contributed by atoms with Gasteiger partial charge in [-0.2, -0.15) is 13.2 Å². The van der Waals surface area contributed by atoms with Gasteiger partial charge in [-0.1, -0.05) is 36.4 Å². The minimum absolute atomic E-state index is 0.0639. The van der Waals surface area contributed by atoms with Crippen molar-refractivity contribution in [3.05, 3.63) is 66.2 Å². The number of nitrogens with zero attached hydrogens (tertiary/aromatic N) is 1. The fourth-order valence-electron chi connectivity index (χ4n) is 1.62. The predicted octanol–water partition coefficient (Wildman–Crippen LogP) is 1.89. The first-order valence-electron chi connectivity index (χ1n) is 6.37. The average Bonchev–Trinajstić information content (AvgIpc) is 2.53. The zero-order valence-corrected chi connectivity index (χ0v) is 12.6. The monoisotopic (exact) mass is 318 g/mol. The highest BCUT2D eigenvalue weighted by Crippen LogP contribution is 2.08. The third-order valence-corrected chi connectivity index (χ3v) is 3.81. The minimum atomic E-state index is -3.83. The van der Waals surface area contributed by atoms with Gasteiger partial charge in [0.1, 0.15) is 0 Å². The average molecular weight is 318 g/mol. The summed E-state index contributed by atoms with van der Waals surface area (Å²) < 4.78 is 29.1. The van der Waals surface area contributed by atoms with Crippen LogP contribution in [0.15, 0.2) is 70.7 Å². The molecule has 0 spiro atoms. The summed E-state index contributed by atoms with van der Waals surface area (Å²) in [6.07, 6.45) is 0. The van der Waals surface area contributed by atoms with Gasteiger partial charge in [-0.15, -0.1) is 5.10 Å². The molecule has 0 aliphatic carbocycles. The molecule has 2 rings (SSSR count). The molecule has 0 heterocycles. The van der Waals surface area contributed by atoms with Crippen molar-refractivity contribution in [2.45, 2.75) is 11.8 Å². The Bertz CT molecular complexity index is 772. The number of ether oxygens (including phenoxy) is 1. The normalized spacial score (nSPS) is 11.8. The highest BCUT2D eigenvalue weighted by atomic mass is 32.2. The summed E-state index contributed by atoms with van der Waals surface area (Å²) in [6.45, 7) is 1.21. The number of hydrazone groups is 1. The quantitative estimate of drug-likeness (QED) is 0.404. The van der Waals surface area contributed by atoms with E-state index in [1.54, 1.807) is 48.5 Å². The zero-order chi connectivity index (χ0) is 16.0. The number of benzene rings is 2. The molecule has 0 fully saturated rings. The van der Waals surface area contributed by atoms with Crippen molar-refractivity contribution in [2.24, 2.45) is 5.10 Å².